The fraction of sp³-hybridized carbons (Fsp3) is 0.263. The Morgan fingerprint density at radius 1 is 1.04 bits per heavy atom. The van der Waals surface area contributed by atoms with Crippen LogP contribution in [0.25, 0.3) is 0 Å². The third-order valence-corrected chi connectivity index (χ3v) is 3.65. The first-order chi connectivity index (χ1) is 12.0. The normalized spacial score (nSPS) is 11.0. The molecule has 0 heterocycles. The summed E-state index contributed by atoms with van der Waals surface area (Å²) in [5.74, 6) is 1.03. The highest BCUT2D eigenvalue weighted by molar-refractivity contribution is 5.99. The van der Waals surface area contributed by atoms with E-state index >= 15 is 0 Å². The van der Waals surface area contributed by atoms with E-state index in [1.54, 1.807) is 20.3 Å². The van der Waals surface area contributed by atoms with Crippen LogP contribution in [0.3, 0.4) is 0 Å². The lowest BCUT2D eigenvalue weighted by Gasteiger charge is -2.10. The predicted molar refractivity (Wildman–Crippen MR) is 99.6 cm³/mol. The van der Waals surface area contributed by atoms with Crippen molar-refractivity contribution in [3.05, 3.63) is 53.6 Å². The molecule has 0 unspecified atom stereocenters. The number of methoxy groups -OCH3 is 2. The summed E-state index contributed by atoms with van der Waals surface area (Å²) in [6.07, 6.45) is 0. The molecule has 0 saturated heterocycles. The summed E-state index contributed by atoms with van der Waals surface area (Å²) in [7, 11) is 3.16. The Kier molecular flexibility index (Phi) is 6.39. The Morgan fingerprint density at radius 2 is 1.72 bits per heavy atom. The van der Waals surface area contributed by atoms with Gasteiger partial charge in [0.1, 0.15) is 0 Å². The molecule has 0 bridgehead atoms. The number of amides is 1. The molecule has 2 aromatic carbocycles. The van der Waals surface area contributed by atoms with E-state index < -0.39 is 0 Å². The van der Waals surface area contributed by atoms with Crippen molar-refractivity contribution < 1.29 is 14.3 Å². The lowest BCUT2D eigenvalue weighted by Crippen LogP contribution is -2.26. The van der Waals surface area contributed by atoms with Gasteiger partial charge in [-0.1, -0.05) is 17.7 Å². The van der Waals surface area contributed by atoms with Crippen LogP contribution in [0.1, 0.15) is 18.1 Å². The lowest BCUT2D eigenvalue weighted by molar-refractivity contribution is -0.119. The van der Waals surface area contributed by atoms with Crippen molar-refractivity contribution in [3.63, 3.8) is 0 Å². The molecule has 0 aliphatic rings. The average Bonchev–Trinajstić information content (AvgIpc) is 2.64. The molecule has 0 saturated carbocycles. The number of nitrogens with one attached hydrogen (secondary N) is 2. The SMILES string of the molecule is COc1ccc(C(C)=NNC(=O)CNc2ccc(C)cc2)cc1OC. The standard InChI is InChI=1S/C19H23N3O3/c1-13-5-8-16(9-6-13)20-12-19(23)22-21-14(2)15-7-10-17(24-3)18(11-15)25-4/h5-11,20H,12H2,1-4H3,(H,22,23). The van der Waals surface area contributed by atoms with Crippen LogP contribution in [0.5, 0.6) is 11.5 Å². The van der Waals surface area contributed by atoms with Gasteiger partial charge >= 0.3 is 0 Å². The van der Waals surface area contributed by atoms with Gasteiger partial charge in [-0.15, -0.1) is 0 Å². The van der Waals surface area contributed by atoms with E-state index in [-0.39, 0.29) is 12.5 Å². The fourth-order valence-electron chi connectivity index (χ4n) is 2.17. The van der Waals surface area contributed by atoms with E-state index in [0.717, 1.165) is 11.3 Å². The van der Waals surface area contributed by atoms with Crippen LogP contribution in [0.2, 0.25) is 0 Å². The lowest BCUT2D eigenvalue weighted by atomic mass is 10.1. The fourth-order valence-corrected chi connectivity index (χ4v) is 2.17. The monoisotopic (exact) mass is 341 g/mol. The summed E-state index contributed by atoms with van der Waals surface area (Å²) in [4.78, 5) is 11.9. The van der Waals surface area contributed by atoms with Gasteiger partial charge in [0.15, 0.2) is 11.5 Å². The molecule has 0 radical (unpaired) electrons. The number of carbonyl (C=O) groups excluding carboxylic acids is 1. The molecule has 0 fully saturated rings. The van der Waals surface area contributed by atoms with Crippen molar-refractivity contribution in [2.75, 3.05) is 26.1 Å². The van der Waals surface area contributed by atoms with Crippen LogP contribution in [0, 0.1) is 6.92 Å². The van der Waals surface area contributed by atoms with Gasteiger partial charge in [0, 0.05) is 11.3 Å². The maximum absolute atomic E-state index is 11.9. The van der Waals surface area contributed by atoms with Gasteiger partial charge in [-0.3, -0.25) is 4.79 Å². The molecule has 0 aliphatic carbocycles. The van der Waals surface area contributed by atoms with E-state index in [2.05, 4.69) is 15.8 Å². The Bertz CT molecular complexity index is 755. The molecule has 132 valence electrons. The van der Waals surface area contributed by atoms with E-state index in [1.807, 2.05) is 50.2 Å². The highest BCUT2D eigenvalue weighted by Crippen LogP contribution is 2.27. The maximum Gasteiger partial charge on any atom is 0.259 e. The van der Waals surface area contributed by atoms with Gasteiger partial charge in [0.25, 0.3) is 5.91 Å². The number of hydrogen-bond donors (Lipinski definition) is 2. The van der Waals surface area contributed by atoms with Crippen LogP contribution < -0.4 is 20.2 Å². The van der Waals surface area contributed by atoms with Gasteiger partial charge in [0.2, 0.25) is 0 Å². The molecular formula is C19H23N3O3. The second-order valence-electron chi connectivity index (χ2n) is 5.52. The Balaban J connectivity index is 1.93. The van der Waals surface area contributed by atoms with Crippen molar-refractivity contribution in [2.45, 2.75) is 13.8 Å². The van der Waals surface area contributed by atoms with Gasteiger partial charge in [0.05, 0.1) is 26.5 Å². The molecule has 2 rings (SSSR count). The minimum atomic E-state index is -0.222. The Morgan fingerprint density at radius 3 is 2.36 bits per heavy atom. The summed E-state index contributed by atoms with van der Waals surface area (Å²) < 4.78 is 10.5. The van der Waals surface area contributed by atoms with E-state index in [9.17, 15) is 4.79 Å². The first kappa shape index (κ1) is 18.3. The highest BCUT2D eigenvalue weighted by Gasteiger charge is 2.07. The summed E-state index contributed by atoms with van der Waals surface area (Å²) in [6, 6.07) is 13.3. The second kappa shape index (κ2) is 8.73. The molecule has 25 heavy (non-hydrogen) atoms. The van der Waals surface area contributed by atoms with Crippen molar-refractivity contribution in [2.24, 2.45) is 5.10 Å². The minimum absolute atomic E-state index is 0.145. The Hall–Kier alpha value is -3.02. The average molecular weight is 341 g/mol. The van der Waals surface area contributed by atoms with Crippen LogP contribution in [0.15, 0.2) is 47.6 Å². The maximum atomic E-state index is 11.9. The van der Waals surface area contributed by atoms with E-state index in [0.29, 0.717) is 17.2 Å². The van der Waals surface area contributed by atoms with E-state index in [4.69, 9.17) is 9.47 Å². The first-order valence-corrected chi connectivity index (χ1v) is 7.89. The zero-order valence-corrected chi connectivity index (χ0v) is 14.9. The summed E-state index contributed by atoms with van der Waals surface area (Å²) in [5.41, 5.74) is 6.11. The van der Waals surface area contributed by atoms with Crippen molar-refractivity contribution >= 4 is 17.3 Å². The molecule has 2 N–H and O–H groups in total. The molecule has 0 atom stereocenters. The zero-order chi connectivity index (χ0) is 18.2. The summed E-state index contributed by atoms with van der Waals surface area (Å²) in [6.45, 7) is 3.98. The molecule has 6 nitrogen and oxygen atoms in total. The van der Waals surface area contributed by atoms with Crippen LogP contribution in [-0.2, 0) is 4.79 Å². The van der Waals surface area contributed by atoms with Gasteiger partial charge < -0.3 is 14.8 Å². The van der Waals surface area contributed by atoms with Gasteiger partial charge in [-0.05, 0) is 44.2 Å². The number of ether oxygens (including phenoxy) is 2. The first-order valence-electron chi connectivity index (χ1n) is 7.89. The third kappa shape index (κ3) is 5.24. The number of nitrogens with zero attached hydrogens (tertiary/aromatic N) is 1. The molecule has 0 aromatic heterocycles. The second-order valence-corrected chi connectivity index (χ2v) is 5.52. The molecule has 6 heteroatoms. The smallest absolute Gasteiger partial charge is 0.259 e. The minimum Gasteiger partial charge on any atom is -0.493 e. The van der Waals surface area contributed by atoms with Gasteiger partial charge in [-0.25, -0.2) is 5.43 Å². The van der Waals surface area contributed by atoms with Crippen molar-refractivity contribution in [3.8, 4) is 11.5 Å². The largest absolute Gasteiger partial charge is 0.493 e. The number of carbonyl (C=O) groups is 1. The number of hydrazone groups is 1. The highest BCUT2D eigenvalue weighted by atomic mass is 16.5. The van der Waals surface area contributed by atoms with E-state index in [1.165, 1.54) is 5.56 Å². The number of aryl methyl sites for hydroxylation is 1. The molecule has 1 amide bonds. The van der Waals surface area contributed by atoms with Gasteiger partial charge in [-0.2, -0.15) is 5.10 Å². The molecule has 0 spiro atoms. The topological polar surface area (TPSA) is 72.0 Å². The summed E-state index contributed by atoms with van der Waals surface area (Å²) in [5, 5.41) is 7.18. The Labute approximate surface area is 147 Å². The summed E-state index contributed by atoms with van der Waals surface area (Å²) >= 11 is 0. The van der Waals surface area contributed by atoms with Crippen molar-refractivity contribution in [1.82, 2.24) is 5.43 Å². The molecule has 0 aliphatic heterocycles. The molecular weight excluding hydrogens is 318 g/mol. The van der Waals surface area contributed by atoms with Crippen LogP contribution in [-0.4, -0.2) is 32.4 Å². The van der Waals surface area contributed by atoms with Crippen LogP contribution in [0.4, 0.5) is 5.69 Å². The number of anilines is 1. The number of hydrogen-bond acceptors (Lipinski definition) is 5. The quantitative estimate of drug-likeness (QED) is 0.600. The third-order valence-electron chi connectivity index (χ3n) is 3.65. The van der Waals surface area contributed by atoms with Crippen LogP contribution >= 0.6 is 0 Å². The number of benzene rings is 2. The number of rotatable bonds is 7. The van der Waals surface area contributed by atoms with Crippen molar-refractivity contribution in [1.29, 1.82) is 0 Å². The molecule has 2 aromatic rings. The zero-order valence-electron chi connectivity index (χ0n) is 14.9. The predicted octanol–water partition coefficient (Wildman–Crippen LogP) is 2.96.